The molecule has 0 aromatic heterocycles. The van der Waals surface area contributed by atoms with E-state index in [4.69, 9.17) is 0 Å². The van der Waals surface area contributed by atoms with Gasteiger partial charge in [-0.05, 0) is 42.3 Å². The fourth-order valence-corrected chi connectivity index (χ4v) is 2.90. The third-order valence-electron chi connectivity index (χ3n) is 3.31. The third kappa shape index (κ3) is 4.04. The molecule has 1 saturated carbocycles. The minimum Gasteiger partial charge on any atom is -0.310 e. The van der Waals surface area contributed by atoms with Gasteiger partial charge in [0.2, 0.25) is 0 Å². The molecule has 1 aliphatic rings. The van der Waals surface area contributed by atoms with E-state index >= 15 is 0 Å². The summed E-state index contributed by atoms with van der Waals surface area (Å²) in [6.45, 7) is 5.46. The summed E-state index contributed by atoms with van der Waals surface area (Å²) in [4.78, 5) is 1.39. The molecule has 17 heavy (non-hydrogen) atoms. The van der Waals surface area contributed by atoms with Gasteiger partial charge >= 0.3 is 0 Å². The van der Waals surface area contributed by atoms with Crippen LogP contribution in [0, 0.1) is 5.92 Å². The molecule has 1 aromatic rings. The van der Waals surface area contributed by atoms with E-state index in [1.165, 1.54) is 29.7 Å². The van der Waals surface area contributed by atoms with E-state index < -0.39 is 0 Å². The maximum Gasteiger partial charge on any atom is 0.0322 e. The summed E-state index contributed by atoms with van der Waals surface area (Å²) < 4.78 is 0. The van der Waals surface area contributed by atoms with Crippen LogP contribution in [0.2, 0.25) is 0 Å². The van der Waals surface area contributed by atoms with Crippen LogP contribution in [-0.4, -0.2) is 12.3 Å². The normalized spacial score (nSPS) is 17.1. The number of thioether (sulfide) groups is 1. The molecule has 0 amide bonds. The predicted octanol–water partition coefficient (Wildman–Crippen LogP) is 4.25. The predicted molar refractivity (Wildman–Crippen MR) is 76.6 cm³/mol. The Kier molecular flexibility index (Phi) is 4.93. The smallest absolute Gasteiger partial charge is 0.0322 e. The van der Waals surface area contributed by atoms with Crippen LogP contribution in [0.15, 0.2) is 29.2 Å². The lowest BCUT2D eigenvalue weighted by Crippen LogP contribution is -2.21. The van der Waals surface area contributed by atoms with Crippen molar-refractivity contribution in [3.8, 4) is 0 Å². The monoisotopic (exact) mass is 249 g/mol. The molecule has 0 spiro atoms. The van der Waals surface area contributed by atoms with Crippen LogP contribution in [0.5, 0.6) is 0 Å². The van der Waals surface area contributed by atoms with Gasteiger partial charge in [0, 0.05) is 10.9 Å². The van der Waals surface area contributed by atoms with Crippen LogP contribution in [0.1, 0.15) is 44.7 Å². The summed E-state index contributed by atoms with van der Waals surface area (Å²) >= 11 is 1.91. The quantitative estimate of drug-likeness (QED) is 0.725. The molecule has 0 bridgehead atoms. The summed E-state index contributed by atoms with van der Waals surface area (Å²) in [5.74, 6) is 2.13. The molecule has 2 heteroatoms. The Morgan fingerprint density at radius 1 is 1.24 bits per heavy atom. The molecule has 1 aromatic carbocycles. The van der Waals surface area contributed by atoms with Gasteiger partial charge in [0.15, 0.2) is 0 Å². The van der Waals surface area contributed by atoms with Gasteiger partial charge in [-0.15, -0.1) is 11.8 Å². The molecule has 1 aliphatic carbocycles. The second kappa shape index (κ2) is 6.46. The van der Waals surface area contributed by atoms with Crippen molar-refractivity contribution in [2.75, 3.05) is 12.3 Å². The van der Waals surface area contributed by atoms with Crippen molar-refractivity contribution < 1.29 is 0 Å². The van der Waals surface area contributed by atoms with Gasteiger partial charge in [-0.25, -0.2) is 0 Å². The second-order valence-corrected chi connectivity index (χ2v) is 6.13. The molecule has 1 unspecified atom stereocenters. The Morgan fingerprint density at radius 3 is 2.47 bits per heavy atom. The van der Waals surface area contributed by atoms with Crippen LogP contribution in [-0.2, 0) is 0 Å². The lowest BCUT2D eigenvalue weighted by molar-refractivity contribution is 0.486. The van der Waals surface area contributed by atoms with Crippen molar-refractivity contribution in [2.45, 2.75) is 44.0 Å². The van der Waals surface area contributed by atoms with E-state index in [1.54, 1.807) is 0 Å². The highest BCUT2D eigenvalue weighted by Crippen LogP contribution is 2.37. The number of nitrogens with one attached hydrogen (secondary N) is 1. The standard InChI is InChI=1S/C15H23NS/c1-3-16-15(11-12-5-6-12)13-7-9-14(10-8-13)17-4-2/h7-10,12,15-16H,3-6,11H2,1-2H3. The van der Waals surface area contributed by atoms with Crippen LogP contribution >= 0.6 is 11.8 Å². The highest BCUT2D eigenvalue weighted by molar-refractivity contribution is 7.99. The van der Waals surface area contributed by atoms with Gasteiger partial charge in [0.05, 0.1) is 0 Å². The van der Waals surface area contributed by atoms with Crippen molar-refractivity contribution in [1.82, 2.24) is 5.32 Å². The van der Waals surface area contributed by atoms with Crippen molar-refractivity contribution in [3.63, 3.8) is 0 Å². The Bertz CT molecular complexity index is 329. The topological polar surface area (TPSA) is 12.0 Å². The average Bonchev–Trinajstić information content (AvgIpc) is 3.14. The summed E-state index contributed by atoms with van der Waals surface area (Å²) in [6, 6.07) is 9.69. The average molecular weight is 249 g/mol. The first-order valence-corrected chi connectivity index (χ1v) is 7.78. The summed E-state index contributed by atoms with van der Waals surface area (Å²) in [5, 5.41) is 3.61. The summed E-state index contributed by atoms with van der Waals surface area (Å²) in [5.41, 5.74) is 1.46. The number of hydrogen-bond acceptors (Lipinski definition) is 2. The highest BCUT2D eigenvalue weighted by Gasteiger charge is 2.25. The third-order valence-corrected chi connectivity index (χ3v) is 4.20. The lowest BCUT2D eigenvalue weighted by Gasteiger charge is -2.18. The zero-order chi connectivity index (χ0) is 12.1. The fraction of sp³-hybridized carbons (Fsp3) is 0.600. The first-order valence-electron chi connectivity index (χ1n) is 6.79. The molecule has 94 valence electrons. The van der Waals surface area contributed by atoms with Crippen LogP contribution in [0.3, 0.4) is 0 Å². The van der Waals surface area contributed by atoms with Crippen molar-refractivity contribution in [1.29, 1.82) is 0 Å². The second-order valence-electron chi connectivity index (χ2n) is 4.79. The van der Waals surface area contributed by atoms with E-state index in [-0.39, 0.29) is 0 Å². The van der Waals surface area contributed by atoms with Gasteiger partial charge in [-0.2, -0.15) is 0 Å². The molecule has 0 radical (unpaired) electrons. The molecule has 1 nitrogen and oxygen atoms in total. The molecule has 1 N–H and O–H groups in total. The minimum atomic E-state index is 0.563. The molecule has 1 atom stereocenters. The highest BCUT2D eigenvalue weighted by atomic mass is 32.2. The number of rotatable bonds is 7. The molecular formula is C15H23NS. The first-order chi connectivity index (χ1) is 8.33. The van der Waals surface area contributed by atoms with Crippen molar-refractivity contribution in [2.24, 2.45) is 5.92 Å². The van der Waals surface area contributed by atoms with Crippen LogP contribution in [0.25, 0.3) is 0 Å². The van der Waals surface area contributed by atoms with E-state index in [1.807, 2.05) is 11.8 Å². The molecule has 0 saturated heterocycles. The van der Waals surface area contributed by atoms with Gasteiger partial charge in [0.25, 0.3) is 0 Å². The van der Waals surface area contributed by atoms with Gasteiger partial charge < -0.3 is 5.32 Å². The molecular weight excluding hydrogens is 226 g/mol. The lowest BCUT2D eigenvalue weighted by atomic mass is 10.0. The van der Waals surface area contributed by atoms with Gasteiger partial charge in [0.1, 0.15) is 0 Å². The Balaban J connectivity index is 2.00. The maximum absolute atomic E-state index is 3.61. The van der Waals surface area contributed by atoms with E-state index in [2.05, 4.69) is 43.4 Å². The molecule has 2 rings (SSSR count). The molecule has 0 heterocycles. The largest absolute Gasteiger partial charge is 0.310 e. The Morgan fingerprint density at radius 2 is 1.94 bits per heavy atom. The zero-order valence-electron chi connectivity index (χ0n) is 10.9. The Labute approximate surface area is 109 Å². The summed E-state index contributed by atoms with van der Waals surface area (Å²) in [7, 11) is 0. The fourth-order valence-electron chi connectivity index (χ4n) is 2.23. The maximum atomic E-state index is 3.61. The van der Waals surface area contributed by atoms with Gasteiger partial charge in [-0.3, -0.25) is 0 Å². The van der Waals surface area contributed by atoms with E-state index in [0.717, 1.165) is 18.2 Å². The van der Waals surface area contributed by atoms with E-state index in [0.29, 0.717) is 6.04 Å². The summed E-state index contributed by atoms with van der Waals surface area (Å²) in [6.07, 6.45) is 4.19. The first kappa shape index (κ1) is 13.0. The SMILES string of the molecule is CCNC(CC1CC1)c1ccc(SCC)cc1. The van der Waals surface area contributed by atoms with Crippen molar-refractivity contribution >= 4 is 11.8 Å². The van der Waals surface area contributed by atoms with E-state index in [9.17, 15) is 0 Å². The molecule has 1 fully saturated rings. The van der Waals surface area contributed by atoms with Crippen LogP contribution < -0.4 is 5.32 Å². The van der Waals surface area contributed by atoms with Crippen molar-refractivity contribution in [3.05, 3.63) is 29.8 Å². The zero-order valence-corrected chi connectivity index (χ0v) is 11.7. The molecule has 0 aliphatic heterocycles. The number of hydrogen-bond donors (Lipinski definition) is 1. The van der Waals surface area contributed by atoms with Crippen LogP contribution in [0.4, 0.5) is 0 Å². The Hall–Kier alpha value is -0.470. The number of benzene rings is 1. The minimum absolute atomic E-state index is 0.563. The van der Waals surface area contributed by atoms with Gasteiger partial charge in [-0.1, -0.05) is 38.8 Å².